The van der Waals surface area contributed by atoms with Gasteiger partial charge in [-0.3, -0.25) is 0 Å². The molecular formula is C8H18N2O. The van der Waals surface area contributed by atoms with E-state index in [4.69, 9.17) is 5.11 Å². The van der Waals surface area contributed by atoms with Gasteiger partial charge in [-0.1, -0.05) is 0 Å². The zero-order valence-corrected chi connectivity index (χ0v) is 7.14. The van der Waals surface area contributed by atoms with E-state index in [1.54, 1.807) is 6.92 Å². The Balaban J connectivity index is 1.94. The summed E-state index contributed by atoms with van der Waals surface area (Å²) in [5, 5.41) is 15.5. The fourth-order valence-electron chi connectivity index (χ4n) is 1.40. The van der Waals surface area contributed by atoms with Gasteiger partial charge >= 0.3 is 0 Å². The molecule has 0 aromatic rings. The first kappa shape index (κ1) is 8.97. The second-order valence-electron chi connectivity index (χ2n) is 3.30. The summed E-state index contributed by atoms with van der Waals surface area (Å²) in [7, 11) is 0. The standard InChI is InChI=1S/C8H18N2O/c1-7(11)5-9-6-8-3-2-4-10-8/h7-11H,2-6H2,1H3/t7-,8?/m1/s1. The average molecular weight is 158 g/mol. The van der Waals surface area contributed by atoms with Crippen LogP contribution in [0.25, 0.3) is 0 Å². The second-order valence-corrected chi connectivity index (χ2v) is 3.30. The molecule has 1 aliphatic rings. The highest BCUT2D eigenvalue weighted by Gasteiger charge is 2.12. The van der Waals surface area contributed by atoms with Crippen LogP contribution in [-0.4, -0.2) is 36.9 Å². The van der Waals surface area contributed by atoms with Crippen molar-refractivity contribution in [2.24, 2.45) is 0 Å². The Morgan fingerprint density at radius 2 is 2.55 bits per heavy atom. The highest BCUT2D eigenvalue weighted by atomic mass is 16.3. The van der Waals surface area contributed by atoms with Gasteiger partial charge in [0.25, 0.3) is 0 Å². The molecule has 2 atom stereocenters. The predicted octanol–water partition coefficient (Wildman–Crippen LogP) is -0.291. The van der Waals surface area contributed by atoms with E-state index < -0.39 is 0 Å². The van der Waals surface area contributed by atoms with Gasteiger partial charge in [0, 0.05) is 19.1 Å². The van der Waals surface area contributed by atoms with Crippen LogP contribution in [0.5, 0.6) is 0 Å². The van der Waals surface area contributed by atoms with Crippen LogP contribution < -0.4 is 10.6 Å². The van der Waals surface area contributed by atoms with Crippen LogP contribution in [0.3, 0.4) is 0 Å². The lowest BCUT2D eigenvalue weighted by atomic mass is 10.2. The van der Waals surface area contributed by atoms with Crippen LogP contribution in [0.2, 0.25) is 0 Å². The summed E-state index contributed by atoms with van der Waals surface area (Å²) in [6.07, 6.45) is 2.34. The van der Waals surface area contributed by atoms with Crippen molar-refractivity contribution in [3.63, 3.8) is 0 Å². The minimum atomic E-state index is -0.226. The molecule has 0 aromatic carbocycles. The van der Waals surface area contributed by atoms with Gasteiger partial charge in [0.05, 0.1) is 6.10 Å². The van der Waals surface area contributed by atoms with Crippen molar-refractivity contribution in [2.75, 3.05) is 19.6 Å². The second kappa shape index (κ2) is 4.70. The van der Waals surface area contributed by atoms with E-state index in [1.807, 2.05) is 0 Å². The topological polar surface area (TPSA) is 44.3 Å². The largest absolute Gasteiger partial charge is 0.392 e. The molecule has 3 N–H and O–H groups in total. The maximum atomic E-state index is 8.94. The van der Waals surface area contributed by atoms with E-state index in [0.717, 1.165) is 13.1 Å². The van der Waals surface area contributed by atoms with Crippen LogP contribution >= 0.6 is 0 Å². The van der Waals surface area contributed by atoms with Crippen LogP contribution in [0, 0.1) is 0 Å². The third-order valence-electron chi connectivity index (χ3n) is 1.99. The van der Waals surface area contributed by atoms with Crippen molar-refractivity contribution in [2.45, 2.75) is 31.9 Å². The quantitative estimate of drug-likeness (QED) is 0.527. The minimum Gasteiger partial charge on any atom is -0.392 e. The smallest absolute Gasteiger partial charge is 0.0636 e. The van der Waals surface area contributed by atoms with Gasteiger partial charge in [-0.05, 0) is 26.3 Å². The maximum absolute atomic E-state index is 8.94. The number of rotatable bonds is 4. The van der Waals surface area contributed by atoms with E-state index in [1.165, 1.54) is 12.8 Å². The summed E-state index contributed by atoms with van der Waals surface area (Å²) >= 11 is 0. The first-order chi connectivity index (χ1) is 5.29. The molecule has 1 aliphatic heterocycles. The lowest BCUT2D eigenvalue weighted by molar-refractivity contribution is 0.190. The van der Waals surface area contributed by atoms with Crippen molar-refractivity contribution >= 4 is 0 Å². The van der Waals surface area contributed by atoms with E-state index in [0.29, 0.717) is 12.6 Å². The maximum Gasteiger partial charge on any atom is 0.0636 e. The zero-order valence-electron chi connectivity index (χ0n) is 7.14. The molecule has 66 valence electrons. The molecule has 0 bridgehead atoms. The van der Waals surface area contributed by atoms with Crippen LogP contribution in [0.4, 0.5) is 0 Å². The Kier molecular flexibility index (Phi) is 3.83. The Hall–Kier alpha value is -0.120. The molecular weight excluding hydrogens is 140 g/mol. The number of aliphatic hydroxyl groups is 1. The third kappa shape index (κ3) is 3.70. The van der Waals surface area contributed by atoms with Crippen molar-refractivity contribution in [3.05, 3.63) is 0 Å². The SMILES string of the molecule is C[C@@H](O)CNCC1CCCN1. The molecule has 3 heteroatoms. The van der Waals surface area contributed by atoms with Crippen LogP contribution in [-0.2, 0) is 0 Å². The number of hydrogen-bond donors (Lipinski definition) is 3. The summed E-state index contributed by atoms with van der Waals surface area (Å²) in [6.45, 7) is 4.65. The highest BCUT2D eigenvalue weighted by molar-refractivity contribution is 4.76. The van der Waals surface area contributed by atoms with Gasteiger partial charge in [0.2, 0.25) is 0 Å². The van der Waals surface area contributed by atoms with Gasteiger partial charge in [0.15, 0.2) is 0 Å². The molecule has 0 radical (unpaired) electrons. The Labute approximate surface area is 68.2 Å². The van der Waals surface area contributed by atoms with Crippen molar-refractivity contribution in [1.29, 1.82) is 0 Å². The molecule has 11 heavy (non-hydrogen) atoms. The van der Waals surface area contributed by atoms with Gasteiger partial charge < -0.3 is 15.7 Å². The Morgan fingerprint density at radius 1 is 1.73 bits per heavy atom. The molecule has 1 fully saturated rings. The Bertz CT molecular complexity index is 100. The van der Waals surface area contributed by atoms with Crippen LogP contribution in [0.15, 0.2) is 0 Å². The molecule has 0 aromatic heterocycles. The summed E-state index contributed by atoms with van der Waals surface area (Å²) in [4.78, 5) is 0. The van der Waals surface area contributed by atoms with Gasteiger partial charge in [-0.15, -0.1) is 0 Å². The summed E-state index contributed by atoms with van der Waals surface area (Å²) in [6, 6.07) is 0.633. The van der Waals surface area contributed by atoms with Crippen LogP contribution in [0.1, 0.15) is 19.8 Å². The zero-order chi connectivity index (χ0) is 8.10. The lowest BCUT2D eigenvalue weighted by Crippen LogP contribution is -2.36. The first-order valence-corrected chi connectivity index (χ1v) is 4.41. The molecule has 0 amide bonds. The molecule has 1 unspecified atom stereocenters. The highest BCUT2D eigenvalue weighted by Crippen LogP contribution is 2.02. The van der Waals surface area contributed by atoms with Crippen molar-refractivity contribution in [3.8, 4) is 0 Å². The molecule has 0 aliphatic carbocycles. The van der Waals surface area contributed by atoms with Crippen molar-refractivity contribution < 1.29 is 5.11 Å². The van der Waals surface area contributed by atoms with Gasteiger partial charge in [0.1, 0.15) is 0 Å². The van der Waals surface area contributed by atoms with E-state index in [-0.39, 0.29) is 6.10 Å². The van der Waals surface area contributed by atoms with E-state index >= 15 is 0 Å². The third-order valence-corrected chi connectivity index (χ3v) is 1.99. The van der Waals surface area contributed by atoms with E-state index in [9.17, 15) is 0 Å². The normalized spacial score (nSPS) is 27.3. The van der Waals surface area contributed by atoms with Gasteiger partial charge in [-0.2, -0.15) is 0 Å². The van der Waals surface area contributed by atoms with E-state index in [2.05, 4.69) is 10.6 Å². The molecule has 0 saturated carbocycles. The first-order valence-electron chi connectivity index (χ1n) is 4.41. The summed E-state index contributed by atoms with van der Waals surface area (Å²) in [5.74, 6) is 0. The van der Waals surface area contributed by atoms with Crippen molar-refractivity contribution in [1.82, 2.24) is 10.6 Å². The monoisotopic (exact) mass is 158 g/mol. The number of hydrogen-bond acceptors (Lipinski definition) is 3. The number of nitrogens with one attached hydrogen (secondary N) is 2. The fourth-order valence-corrected chi connectivity index (χ4v) is 1.40. The average Bonchev–Trinajstić information content (AvgIpc) is 2.39. The molecule has 3 nitrogen and oxygen atoms in total. The van der Waals surface area contributed by atoms with Gasteiger partial charge in [-0.25, -0.2) is 0 Å². The Morgan fingerprint density at radius 3 is 3.09 bits per heavy atom. The predicted molar refractivity (Wildman–Crippen MR) is 45.6 cm³/mol. The fraction of sp³-hybridized carbons (Fsp3) is 1.00. The summed E-state index contributed by atoms with van der Waals surface area (Å²) < 4.78 is 0. The molecule has 1 heterocycles. The molecule has 1 rings (SSSR count). The molecule has 1 saturated heterocycles. The number of aliphatic hydroxyl groups excluding tert-OH is 1. The summed E-state index contributed by atoms with van der Waals surface area (Å²) in [5.41, 5.74) is 0. The lowest BCUT2D eigenvalue weighted by Gasteiger charge is -2.12. The minimum absolute atomic E-state index is 0.226. The molecule has 0 spiro atoms.